The van der Waals surface area contributed by atoms with Gasteiger partial charge in [-0.1, -0.05) is 13.0 Å². The molecule has 9 nitrogen and oxygen atoms in total. The van der Waals surface area contributed by atoms with Crippen molar-refractivity contribution in [2.75, 3.05) is 21.9 Å². The van der Waals surface area contributed by atoms with Gasteiger partial charge in [-0.3, -0.25) is 10.2 Å². The molecule has 29 heavy (non-hydrogen) atoms. The second kappa shape index (κ2) is 8.31. The fourth-order valence-electron chi connectivity index (χ4n) is 2.21. The molecule has 0 aliphatic rings. The monoisotopic (exact) mass is 428 g/mol. The van der Waals surface area contributed by atoms with Crippen LogP contribution in [0, 0.1) is 11.3 Å². The lowest BCUT2D eigenvalue weighted by molar-refractivity contribution is -0.137. The summed E-state index contributed by atoms with van der Waals surface area (Å²) in [6, 6.07) is 5.34. The van der Waals surface area contributed by atoms with E-state index in [1.165, 1.54) is 19.1 Å². The molecule has 13 heteroatoms. The van der Waals surface area contributed by atoms with Crippen LogP contribution in [0.3, 0.4) is 0 Å². The van der Waals surface area contributed by atoms with Crippen LogP contribution >= 0.6 is 0 Å². The molecule has 154 valence electrons. The third kappa shape index (κ3) is 5.11. The highest BCUT2D eigenvalue weighted by Crippen LogP contribution is 2.32. The van der Waals surface area contributed by atoms with Crippen molar-refractivity contribution in [3.05, 3.63) is 36.0 Å². The topological polar surface area (TPSA) is 142 Å². The summed E-state index contributed by atoms with van der Waals surface area (Å²) >= 11 is 0. The molecular formula is C16H15F3N6O3S. The summed E-state index contributed by atoms with van der Waals surface area (Å²) in [5.41, 5.74) is 6.66. The van der Waals surface area contributed by atoms with E-state index in [-0.39, 0.29) is 18.1 Å². The Kier molecular flexibility index (Phi) is 6.28. The third-order valence-electron chi connectivity index (χ3n) is 3.56. The number of nitrogens with one attached hydrogen (secondary N) is 1. The van der Waals surface area contributed by atoms with E-state index in [4.69, 9.17) is 11.0 Å². The number of carbonyl (C=O) groups is 1. The van der Waals surface area contributed by atoms with E-state index in [0.717, 1.165) is 23.3 Å². The Balaban J connectivity index is 2.58. The van der Waals surface area contributed by atoms with Crippen LogP contribution in [-0.2, 0) is 20.8 Å². The molecule has 1 aromatic heterocycles. The first-order valence-electron chi connectivity index (χ1n) is 7.98. The van der Waals surface area contributed by atoms with Crippen LogP contribution in [0.5, 0.6) is 0 Å². The largest absolute Gasteiger partial charge is 0.416 e. The van der Waals surface area contributed by atoms with Crippen molar-refractivity contribution in [2.24, 2.45) is 0 Å². The minimum atomic E-state index is -4.66. The van der Waals surface area contributed by atoms with Crippen LogP contribution in [0.25, 0.3) is 0 Å². The predicted octanol–water partition coefficient (Wildman–Crippen LogP) is 2.14. The zero-order valence-electron chi connectivity index (χ0n) is 14.9. The van der Waals surface area contributed by atoms with Gasteiger partial charge < -0.3 is 5.73 Å². The molecule has 0 fully saturated rings. The number of hydrazine groups is 1. The van der Waals surface area contributed by atoms with Gasteiger partial charge in [0, 0.05) is 6.42 Å². The summed E-state index contributed by atoms with van der Waals surface area (Å²) in [6.45, 7) is 1.46. The van der Waals surface area contributed by atoms with E-state index in [2.05, 4.69) is 15.4 Å². The van der Waals surface area contributed by atoms with Crippen molar-refractivity contribution in [1.29, 1.82) is 5.26 Å². The number of rotatable bonds is 6. The van der Waals surface area contributed by atoms with Gasteiger partial charge in [0.2, 0.25) is 11.9 Å². The van der Waals surface area contributed by atoms with Crippen LogP contribution in [0.15, 0.2) is 35.4 Å². The second-order valence-electron chi connectivity index (χ2n) is 5.60. The van der Waals surface area contributed by atoms with Gasteiger partial charge in [-0.2, -0.15) is 23.4 Å². The van der Waals surface area contributed by atoms with Crippen molar-refractivity contribution in [3.63, 3.8) is 0 Å². The standard InChI is InChI=1S/C16H15F3N6O3S/c1-2-13(26)25(11-5-3-4-10(8-11)16(17,18)19)24-14-12(9-22-15(21)23-14)29(27,28)7-6-20/h3-5,8-9H,2,7H2,1H3,(H3,21,22,23,24). The fourth-order valence-corrected chi connectivity index (χ4v) is 3.14. The average Bonchev–Trinajstić information content (AvgIpc) is 2.64. The number of nitriles is 1. The number of sulfone groups is 1. The Labute approximate surface area is 163 Å². The van der Waals surface area contributed by atoms with Crippen LogP contribution < -0.4 is 16.2 Å². The van der Waals surface area contributed by atoms with E-state index in [0.29, 0.717) is 6.07 Å². The van der Waals surface area contributed by atoms with Gasteiger partial charge in [-0.05, 0) is 18.2 Å². The Hall–Kier alpha value is -3.40. The fraction of sp³-hybridized carbons (Fsp3) is 0.250. The van der Waals surface area contributed by atoms with E-state index < -0.39 is 44.0 Å². The smallest absolute Gasteiger partial charge is 0.368 e. The highest BCUT2D eigenvalue weighted by molar-refractivity contribution is 7.91. The van der Waals surface area contributed by atoms with Crippen molar-refractivity contribution in [2.45, 2.75) is 24.4 Å². The summed E-state index contributed by atoms with van der Waals surface area (Å²) in [6.07, 6.45) is -3.93. The number of carbonyl (C=O) groups excluding carboxylic acids is 1. The van der Waals surface area contributed by atoms with Crippen molar-refractivity contribution in [1.82, 2.24) is 9.97 Å². The van der Waals surface area contributed by atoms with Crippen molar-refractivity contribution < 1.29 is 26.4 Å². The van der Waals surface area contributed by atoms with Crippen LogP contribution in [-0.4, -0.2) is 30.0 Å². The Bertz CT molecular complexity index is 1070. The first-order chi connectivity index (χ1) is 13.5. The molecule has 3 N–H and O–H groups in total. The molecule has 2 aromatic rings. The summed E-state index contributed by atoms with van der Waals surface area (Å²) in [5.74, 6) is -2.38. The highest BCUT2D eigenvalue weighted by atomic mass is 32.2. The maximum atomic E-state index is 13.0. The number of nitrogen functional groups attached to an aromatic ring is 1. The Morgan fingerprint density at radius 1 is 1.38 bits per heavy atom. The summed E-state index contributed by atoms with van der Waals surface area (Å²) < 4.78 is 63.6. The lowest BCUT2D eigenvalue weighted by atomic mass is 10.2. The number of halogens is 3. The lowest BCUT2D eigenvalue weighted by Crippen LogP contribution is -2.37. The molecule has 0 aliphatic carbocycles. The summed E-state index contributed by atoms with van der Waals surface area (Å²) in [7, 11) is -4.17. The number of aromatic nitrogens is 2. The Morgan fingerprint density at radius 3 is 2.66 bits per heavy atom. The van der Waals surface area contributed by atoms with Crippen LogP contribution in [0.2, 0.25) is 0 Å². The molecule has 0 bridgehead atoms. The van der Waals surface area contributed by atoms with Gasteiger partial charge in [0.1, 0.15) is 10.6 Å². The molecule has 1 aromatic carbocycles. The number of anilines is 3. The van der Waals surface area contributed by atoms with Gasteiger partial charge in [-0.25, -0.2) is 18.4 Å². The SMILES string of the molecule is CCC(=O)N(Nc1nc(N)ncc1S(=O)(=O)CC#N)c1cccc(C(F)(F)F)c1. The maximum absolute atomic E-state index is 13.0. The number of amides is 1. The lowest BCUT2D eigenvalue weighted by Gasteiger charge is -2.25. The highest BCUT2D eigenvalue weighted by Gasteiger charge is 2.31. The Morgan fingerprint density at radius 2 is 2.07 bits per heavy atom. The number of hydrogen-bond donors (Lipinski definition) is 2. The molecule has 1 amide bonds. The molecular weight excluding hydrogens is 413 g/mol. The van der Waals surface area contributed by atoms with Crippen LogP contribution in [0.1, 0.15) is 18.9 Å². The minimum Gasteiger partial charge on any atom is -0.368 e. The zero-order chi connectivity index (χ0) is 21.8. The average molecular weight is 428 g/mol. The second-order valence-corrected chi connectivity index (χ2v) is 7.56. The van der Waals surface area contributed by atoms with Gasteiger partial charge >= 0.3 is 6.18 Å². The number of nitrogens with two attached hydrogens (primary N) is 1. The molecule has 0 saturated carbocycles. The van der Waals surface area contributed by atoms with Gasteiger partial charge in [0.05, 0.1) is 23.5 Å². The number of nitrogens with zero attached hydrogens (tertiary/aromatic N) is 4. The summed E-state index contributed by atoms with van der Waals surface area (Å²) in [5, 5.41) is 9.44. The molecule has 0 saturated heterocycles. The first kappa shape index (κ1) is 21.9. The molecule has 0 radical (unpaired) electrons. The van der Waals surface area contributed by atoms with Gasteiger partial charge in [-0.15, -0.1) is 0 Å². The van der Waals surface area contributed by atoms with Crippen molar-refractivity contribution in [3.8, 4) is 6.07 Å². The predicted molar refractivity (Wildman–Crippen MR) is 97.0 cm³/mol. The minimum absolute atomic E-state index is 0.121. The van der Waals surface area contributed by atoms with Gasteiger partial charge in [0.25, 0.3) is 0 Å². The molecule has 0 spiro atoms. The molecule has 1 heterocycles. The molecule has 2 rings (SSSR count). The number of hydrogen-bond acceptors (Lipinski definition) is 8. The molecule has 0 unspecified atom stereocenters. The van der Waals surface area contributed by atoms with E-state index in [1.54, 1.807) is 0 Å². The number of alkyl halides is 3. The van der Waals surface area contributed by atoms with E-state index in [9.17, 15) is 26.4 Å². The zero-order valence-corrected chi connectivity index (χ0v) is 15.8. The third-order valence-corrected chi connectivity index (χ3v) is 5.04. The van der Waals surface area contributed by atoms with Crippen molar-refractivity contribution >= 4 is 33.2 Å². The molecule has 0 atom stereocenters. The quantitative estimate of drug-likeness (QED) is 0.667. The van der Waals surface area contributed by atoms with E-state index >= 15 is 0 Å². The van der Waals surface area contributed by atoms with Gasteiger partial charge in [0.15, 0.2) is 15.7 Å². The normalized spacial score (nSPS) is 11.6. The number of benzene rings is 1. The maximum Gasteiger partial charge on any atom is 0.416 e. The molecule has 0 aliphatic heterocycles. The first-order valence-corrected chi connectivity index (χ1v) is 9.64. The summed E-state index contributed by atoms with van der Waals surface area (Å²) in [4.78, 5) is 19.1. The van der Waals surface area contributed by atoms with Crippen LogP contribution in [0.4, 0.5) is 30.6 Å². The van der Waals surface area contributed by atoms with E-state index in [1.807, 2.05) is 0 Å².